The van der Waals surface area contributed by atoms with Crippen molar-refractivity contribution in [3.63, 3.8) is 0 Å². The van der Waals surface area contributed by atoms with Crippen LogP contribution in [-0.2, 0) is 6.42 Å². The fraction of sp³-hybridized carbons (Fsp3) is 0.364. The highest BCUT2D eigenvalue weighted by atomic mass is 19.1. The van der Waals surface area contributed by atoms with Gasteiger partial charge in [0.1, 0.15) is 5.82 Å². The molecule has 2 aromatic rings. The van der Waals surface area contributed by atoms with E-state index in [1.54, 1.807) is 39.8 Å². The first-order valence-corrected chi connectivity index (χ1v) is 9.78. The number of hydrogen-bond donors (Lipinski definition) is 3. The third-order valence-electron chi connectivity index (χ3n) is 4.71. The molecule has 0 aliphatic rings. The van der Waals surface area contributed by atoms with E-state index in [1.807, 2.05) is 19.9 Å². The van der Waals surface area contributed by atoms with Crippen molar-refractivity contribution in [3.05, 3.63) is 64.0 Å². The van der Waals surface area contributed by atoms with Crippen molar-refractivity contribution >= 4 is 24.4 Å². The molecule has 0 unspecified atom stereocenters. The molecule has 0 aliphatic heterocycles. The van der Waals surface area contributed by atoms with Crippen molar-refractivity contribution in [1.82, 2.24) is 10.4 Å². The lowest BCUT2D eigenvalue weighted by Crippen LogP contribution is -2.56. The molecule has 2 aromatic carbocycles. The largest absolute Gasteiger partial charge is 0.491 e. The van der Waals surface area contributed by atoms with E-state index in [1.165, 1.54) is 12.1 Å². The normalized spacial score (nSPS) is 11.2. The fourth-order valence-corrected chi connectivity index (χ4v) is 3.31. The number of hydrazine groups is 1. The Morgan fingerprint density at radius 2 is 1.67 bits per heavy atom. The summed E-state index contributed by atoms with van der Waals surface area (Å²) in [6.45, 7) is 10.7. The van der Waals surface area contributed by atoms with E-state index in [0.29, 0.717) is 17.5 Å². The van der Waals surface area contributed by atoms with Gasteiger partial charge in [0.25, 0.3) is 11.8 Å². The molecule has 0 bridgehead atoms. The molecule has 8 heteroatoms. The smallest absolute Gasteiger partial charge is 0.423 e. The Morgan fingerprint density at radius 1 is 1.10 bits per heavy atom. The number of rotatable bonds is 4. The second-order valence-corrected chi connectivity index (χ2v) is 8.36. The summed E-state index contributed by atoms with van der Waals surface area (Å²) < 4.78 is 14.9. The van der Waals surface area contributed by atoms with Crippen LogP contribution in [0.2, 0.25) is 0 Å². The van der Waals surface area contributed by atoms with Crippen LogP contribution in [0.15, 0.2) is 30.3 Å². The summed E-state index contributed by atoms with van der Waals surface area (Å²) in [5.41, 5.74) is 3.57. The SMILES string of the molecule is CCc1ccc(C(=O)NN(C(=O)c2cc(C)cc(C)c2)C(C)(C)C)c(F)c1B(O)O. The monoisotopic (exact) mass is 414 g/mol. The minimum absolute atomic E-state index is 0.340. The van der Waals surface area contributed by atoms with Crippen LogP contribution in [0.1, 0.15) is 65.1 Å². The maximum atomic E-state index is 14.9. The summed E-state index contributed by atoms with van der Waals surface area (Å²) in [5.74, 6) is -2.31. The van der Waals surface area contributed by atoms with Crippen LogP contribution < -0.4 is 10.9 Å². The summed E-state index contributed by atoms with van der Waals surface area (Å²) in [7, 11) is -2.05. The summed E-state index contributed by atoms with van der Waals surface area (Å²) in [6.07, 6.45) is 0.366. The third kappa shape index (κ3) is 5.06. The Bertz CT molecular complexity index is 950. The van der Waals surface area contributed by atoms with Crippen LogP contribution >= 0.6 is 0 Å². The molecule has 0 radical (unpaired) electrons. The Kier molecular flexibility index (Phi) is 7.05. The maximum absolute atomic E-state index is 14.9. The molecule has 160 valence electrons. The van der Waals surface area contributed by atoms with Gasteiger partial charge in [-0.25, -0.2) is 9.40 Å². The second kappa shape index (κ2) is 8.98. The van der Waals surface area contributed by atoms with Crippen LogP contribution in [0.3, 0.4) is 0 Å². The van der Waals surface area contributed by atoms with Gasteiger partial charge in [0, 0.05) is 11.0 Å². The Morgan fingerprint density at radius 3 is 2.13 bits per heavy atom. The molecule has 0 saturated heterocycles. The first-order valence-electron chi connectivity index (χ1n) is 9.78. The van der Waals surface area contributed by atoms with Gasteiger partial charge in [0.2, 0.25) is 0 Å². The molecule has 30 heavy (non-hydrogen) atoms. The molecule has 0 heterocycles. The summed E-state index contributed by atoms with van der Waals surface area (Å²) in [6, 6.07) is 8.12. The topological polar surface area (TPSA) is 89.9 Å². The van der Waals surface area contributed by atoms with Crippen molar-refractivity contribution in [3.8, 4) is 0 Å². The molecule has 2 rings (SSSR count). The van der Waals surface area contributed by atoms with Gasteiger partial charge in [-0.15, -0.1) is 0 Å². The van der Waals surface area contributed by atoms with Crippen LogP contribution in [0.25, 0.3) is 0 Å². The molecule has 0 atom stereocenters. The molecular formula is C22H28BFN2O4. The summed E-state index contributed by atoms with van der Waals surface area (Å²) in [4.78, 5) is 26.0. The number of hydrogen-bond acceptors (Lipinski definition) is 4. The number of nitrogens with one attached hydrogen (secondary N) is 1. The van der Waals surface area contributed by atoms with Crippen LogP contribution in [0, 0.1) is 19.7 Å². The predicted molar refractivity (Wildman–Crippen MR) is 115 cm³/mol. The molecule has 0 aromatic heterocycles. The van der Waals surface area contributed by atoms with Crippen molar-refractivity contribution in [2.75, 3.05) is 0 Å². The van der Waals surface area contributed by atoms with Crippen molar-refractivity contribution in [2.45, 2.75) is 53.5 Å². The molecule has 0 aliphatic carbocycles. The van der Waals surface area contributed by atoms with Gasteiger partial charge in [-0.2, -0.15) is 0 Å². The first-order chi connectivity index (χ1) is 13.9. The van der Waals surface area contributed by atoms with Crippen LogP contribution in [-0.4, -0.2) is 39.5 Å². The van der Waals surface area contributed by atoms with E-state index in [0.717, 1.165) is 16.1 Å². The molecule has 0 saturated carbocycles. The minimum atomic E-state index is -2.05. The Balaban J connectivity index is 2.44. The van der Waals surface area contributed by atoms with Gasteiger partial charge < -0.3 is 10.0 Å². The Hall–Kier alpha value is -2.71. The maximum Gasteiger partial charge on any atom is 0.491 e. The average molecular weight is 414 g/mol. The van der Waals surface area contributed by atoms with E-state index >= 15 is 0 Å². The van der Waals surface area contributed by atoms with Gasteiger partial charge >= 0.3 is 7.12 Å². The zero-order chi connectivity index (χ0) is 22.8. The molecule has 3 N–H and O–H groups in total. The van der Waals surface area contributed by atoms with Crippen LogP contribution in [0.5, 0.6) is 0 Å². The molecule has 0 spiro atoms. The second-order valence-electron chi connectivity index (χ2n) is 8.36. The molecule has 2 amide bonds. The fourth-order valence-electron chi connectivity index (χ4n) is 3.31. The van der Waals surface area contributed by atoms with Gasteiger partial charge in [0.15, 0.2) is 0 Å². The van der Waals surface area contributed by atoms with Crippen molar-refractivity contribution in [1.29, 1.82) is 0 Å². The van der Waals surface area contributed by atoms with Gasteiger partial charge in [-0.1, -0.05) is 30.2 Å². The highest BCUT2D eigenvalue weighted by molar-refractivity contribution is 6.59. The van der Waals surface area contributed by atoms with Crippen molar-refractivity contribution < 1.29 is 24.0 Å². The highest BCUT2D eigenvalue weighted by Gasteiger charge is 2.32. The summed E-state index contributed by atoms with van der Waals surface area (Å²) in [5, 5.41) is 20.2. The number of carbonyl (C=O) groups excluding carboxylic acids is 2. The quantitative estimate of drug-likeness (QED) is 0.529. The van der Waals surface area contributed by atoms with Gasteiger partial charge in [0.05, 0.1) is 11.1 Å². The van der Waals surface area contributed by atoms with E-state index in [4.69, 9.17) is 0 Å². The number of carbonyl (C=O) groups is 2. The van der Waals surface area contributed by atoms with E-state index in [9.17, 15) is 24.0 Å². The van der Waals surface area contributed by atoms with Crippen LogP contribution in [0.4, 0.5) is 4.39 Å². The highest BCUT2D eigenvalue weighted by Crippen LogP contribution is 2.19. The molecule has 6 nitrogen and oxygen atoms in total. The third-order valence-corrected chi connectivity index (χ3v) is 4.71. The lowest BCUT2D eigenvalue weighted by atomic mass is 9.75. The average Bonchev–Trinajstić information content (AvgIpc) is 2.62. The van der Waals surface area contributed by atoms with Gasteiger partial charge in [-0.3, -0.25) is 15.0 Å². The lowest BCUT2D eigenvalue weighted by molar-refractivity contribution is 0.0357. The molecular weight excluding hydrogens is 386 g/mol. The zero-order valence-electron chi connectivity index (χ0n) is 18.2. The number of halogens is 1. The zero-order valence-corrected chi connectivity index (χ0v) is 18.2. The number of benzene rings is 2. The van der Waals surface area contributed by atoms with Gasteiger partial charge in [-0.05, 0) is 64.8 Å². The number of aryl methyl sites for hydroxylation is 3. The first kappa shape index (κ1) is 23.6. The minimum Gasteiger partial charge on any atom is -0.423 e. The standard InChI is InChI=1S/C22H28BFN2O4/c1-7-15-8-9-17(19(24)18(15)23(29)30)20(27)25-26(22(4,5)6)21(28)16-11-13(2)10-14(3)12-16/h8-12,29-30H,7H2,1-6H3,(H,25,27). The van der Waals surface area contributed by atoms with E-state index in [-0.39, 0.29) is 11.0 Å². The lowest BCUT2D eigenvalue weighted by Gasteiger charge is -2.35. The van der Waals surface area contributed by atoms with E-state index in [2.05, 4.69) is 5.43 Å². The molecule has 0 fully saturated rings. The van der Waals surface area contributed by atoms with Crippen molar-refractivity contribution in [2.24, 2.45) is 0 Å². The summed E-state index contributed by atoms with van der Waals surface area (Å²) >= 11 is 0. The number of nitrogens with zero attached hydrogens (tertiary/aromatic N) is 1. The van der Waals surface area contributed by atoms with E-state index < -0.39 is 30.3 Å². The number of amides is 2. The predicted octanol–water partition coefficient (Wildman–Crippen LogP) is 2.27. The Labute approximate surface area is 176 Å².